The van der Waals surface area contributed by atoms with E-state index < -0.39 is 0 Å². The Labute approximate surface area is 157 Å². The summed E-state index contributed by atoms with van der Waals surface area (Å²) in [6.45, 7) is 1.39. The summed E-state index contributed by atoms with van der Waals surface area (Å²) in [4.78, 5) is 27.7. The predicted octanol–water partition coefficient (Wildman–Crippen LogP) is 3.26. The van der Waals surface area contributed by atoms with Gasteiger partial charge in [0, 0.05) is 36.8 Å². The molecular weight excluding hydrogens is 346 g/mol. The molecule has 2 amide bonds. The van der Waals surface area contributed by atoms with Gasteiger partial charge in [0.25, 0.3) is 5.91 Å². The number of hydrogen-bond acceptors (Lipinski definition) is 4. The summed E-state index contributed by atoms with van der Waals surface area (Å²) in [6.07, 6.45) is 2.19. The molecule has 134 valence electrons. The molecule has 1 aliphatic heterocycles. The molecule has 0 unspecified atom stereocenters. The second kappa shape index (κ2) is 8.58. The topological polar surface area (TPSA) is 61.4 Å². The Morgan fingerprint density at radius 3 is 2.69 bits per heavy atom. The molecule has 2 aromatic carbocycles. The molecular formula is C20H21N3O2S. The van der Waals surface area contributed by atoms with Crippen LogP contribution in [0.5, 0.6) is 0 Å². The molecule has 1 heterocycles. The number of anilines is 2. The van der Waals surface area contributed by atoms with Crippen LogP contribution in [0.25, 0.3) is 0 Å². The van der Waals surface area contributed by atoms with Crippen LogP contribution < -0.4 is 15.5 Å². The van der Waals surface area contributed by atoms with Crippen LogP contribution in [0.2, 0.25) is 0 Å². The van der Waals surface area contributed by atoms with Crippen molar-refractivity contribution in [2.75, 3.05) is 30.4 Å². The van der Waals surface area contributed by atoms with E-state index in [-0.39, 0.29) is 11.8 Å². The van der Waals surface area contributed by atoms with E-state index in [2.05, 4.69) is 27.7 Å². The van der Waals surface area contributed by atoms with Crippen LogP contribution in [0.1, 0.15) is 6.42 Å². The molecule has 0 aromatic heterocycles. The monoisotopic (exact) mass is 367 g/mol. The predicted molar refractivity (Wildman–Crippen MR) is 106 cm³/mol. The molecule has 6 heteroatoms. The molecule has 0 spiro atoms. The van der Waals surface area contributed by atoms with Crippen molar-refractivity contribution in [1.29, 1.82) is 0 Å². The Balaban J connectivity index is 1.47. The largest absolute Gasteiger partial charge is 0.375 e. The molecule has 0 fully saturated rings. The third-order valence-electron chi connectivity index (χ3n) is 4.01. The van der Waals surface area contributed by atoms with Gasteiger partial charge >= 0.3 is 0 Å². The first kappa shape index (κ1) is 18.1. The van der Waals surface area contributed by atoms with E-state index in [1.54, 1.807) is 0 Å². The maximum Gasteiger partial charge on any atom is 0.262 e. The van der Waals surface area contributed by atoms with Crippen molar-refractivity contribution in [2.24, 2.45) is 0 Å². The molecule has 2 aromatic rings. The molecule has 26 heavy (non-hydrogen) atoms. The van der Waals surface area contributed by atoms with Crippen molar-refractivity contribution in [1.82, 2.24) is 5.32 Å². The quantitative estimate of drug-likeness (QED) is 0.608. The highest BCUT2D eigenvalue weighted by atomic mass is 32.2. The zero-order chi connectivity index (χ0) is 18.4. The van der Waals surface area contributed by atoms with Crippen LogP contribution in [0.15, 0.2) is 70.5 Å². The number of rotatable bonds is 6. The number of nitrogens with one attached hydrogen (secondary N) is 2. The third-order valence-corrected chi connectivity index (χ3v) is 5.11. The number of para-hydroxylation sites is 2. The molecule has 0 aliphatic carbocycles. The van der Waals surface area contributed by atoms with E-state index in [0.29, 0.717) is 11.4 Å². The fourth-order valence-corrected chi connectivity index (χ4v) is 3.53. The third kappa shape index (κ3) is 4.67. The number of carbonyl (C=O) groups is 2. The van der Waals surface area contributed by atoms with E-state index in [1.165, 1.54) is 17.8 Å². The Morgan fingerprint density at radius 1 is 1.15 bits per heavy atom. The highest BCUT2D eigenvalue weighted by Gasteiger charge is 2.21. The van der Waals surface area contributed by atoms with Gasteiger partial charge < -0.3 is 15.5 Å². The van der Waals surface area contributed by atoms with Crippen molar-refractivity contribution >= 4 is 35.0 Å². The van der Waals surface area contributed by atoms with Crippen LogP contribution in [0.4, 0.5) is 11.4 Å². The summed E-state index contributed by atoms with van der Waals surface area (Å²) in [5, 5.41) is 5.65. The second-order valence-electron chi connectivity index (χ2n) is 5.96. The fourth-order valence-electron chi connectivity index (χ4n) is 2.61. The lowest BCUT2D eigenvalue weighted by Crippen LogP contribution is -2.28. The first-order valence-corrected chi connectivity index (χ1v) is 9.29. The summed E-state index contributed by atoms with van der Waals surface area (Å²) < 4.78 is 0. The Morgan fingerprint density at radius 2 is 1.88 bits per heavy atom. The SMILES string of the molecule is CN(CCCNC(=O)C=C1Sc2ccccc2NC1=O)c1ccccc1. The number of nitrogens with zero attached hydrogens (tertiary/aromatic N) is 1. The first-order valence-electron chi connectivity index (χ1n) is 8.47. The van der Waals surface area contributed by atoms with E-state index in [0.717, 1.165) is 29.2 Å². The van der Waals surface area contributed by atoms with Crippen molar-refractivity contribution in [2.45, 2.75) is 11.3 Å². The summed E-state index contributed by atoms with van der Waals surface area (Å²) in [5.74, 6) is -0.489. The number of carbonyl (C=O) groups excluding carboxylic acids is 2. The van der Waals surface area contributed by atoms with Crippen LogP contribution in [-0.4, -0.2) is 32.0 Å². The van der Waals surface area contributed by atoms with Gasteiger partial charge in [-0.25, -0.2) is 0 Å². The van der Waals surface area contributed by atoms with Crippen molar-refractivity contribution in [3.8, 4) is 0 Å². The minimum Gasteiger partial charge on any atom is -0.375 e. The molecule has 0 saturated heterocycles. The zero-order valence-corrected chi connectivity index (χ0v) is 15.4. The van der Waals surface area contributed by atoms with E-state index >= 15 is 0 Å². The van der Waals surface area contributed by atoms with Crippen LogP contribution in [0, 0.1) is 0 Å². The van der Waals surface area contributed by atoms with Gasteiger partial charge in [0.2, 0.25) is 5.91 Å². The molecule has 5 nitrogen and oxygen atoms in total. The van der Waals surface area contributed by atoms with E-state index in [4.69, 9.17) is 0 Å². The van der Waals surface area contributed by atoms with Crippen LogP contribution >= 0.6 is 11.8 Å². The zero-order valence-electron chi connectivity index (χ0n) is 14.6. The van der Waals surface area contributed by atoms with Gasteiger partial charge in [0.15, 0.2) is 0 Å². The number of benzene rings is 2. The smallest absolute Gasteiger partial charge is 0.262 e. The molecule has 0 radical (unpaired) electrons. The summed E-state index contributed by atoms with van der Waals surface area (Å²) in [6, 6.07) is 17.7. The van der Waals surface area contributed by atoms with Gasteiger partial charge in [0.1, 0.15) is 0 Å². The average Bonchev–Trinajstić information content (AvgIpc) is 2.66. The minimum atomic E-state index is -0.246. The van der Waals surface area contributed by atoms with Crippen molar-refractivity contribution < 1.29 is 9.59 Å². The molecule has 0 atom stereocenters. The maximum atomic E-state index is 12.1. The lowest BCUT2D eigenvalue weighted by molar-refractivity contribution is -0.117. The minimum absolute atomic E-state index is 0.243. The second-order valence-corrected chi connectivity index (χ2v) is 7.05. The Hall–Kier alpha value is -2.73. The standard InChI is InChI=1S/C20H21N3O2S/c1-23(15-8-3-2-4-9-15)13-7-12-21-19(24)14-18-20(25)22-16-10-5-6-11-17(16)26-18/h2-6,8-11,14H,7,12-13H2,1H3,(H,21,24)(H,22,25). The summed E-state index contributed by atoms with van der Waals surface area (Å²) in [7, 11) is 2.03. The van der Waals surface area contributed by atoms with Gasteiger partial charge in [-0.15, -0.1) is 0 Å². The number of thioether (sulfide) groups is 1. The Bertz CT molecular complexity index is 821. The van der Waals surface area contributed by atoms with E-state index in [9.17, 15) is 9.59 Å². The van der Waals surface area contributed by atoms with Crippen LogP contribution in [-0.2, 0) is 9.59 Å². The average molecular weight is 367 g/mol. The molecule has 0 bridgehead atoms. The molecule has 1 aliphatic rings. The Kier molecular flexibility index (Phi) is 5.96. The van der Waals surface area contributed by atoms with Crippen molar-refractivity contribution in [3.63, 3.8) is 0 Å². The van der Waals surface area contributed by atoms with Gasteiger partial charge in [-0.2, -0.15) is 0 Å². The molecule has 2 N–H and O–H groups in total. The van der Waals surface area contributed by atoms with Gasteiger partial charge in [-0.1, -0.05) is 42.1 Å². The van der Waals surface area contributed by atoms with Crippen LogP contribution in [0.3, 0.4) is 0 Å². The molecule has 0 saturated carbocycles. The van der Waals surface area contributed by atoms with Gasteiger partial charge in [-0.05, 0) is 30.7 Å². The fraction of sp³-hybridized carbons (Fsp3) is 0.200. The first-order chi connectivity index (χ1) is 12.6. The van der Waals surface area contributed by atoms with Crippen molar-refractivity contribution in [3.05, 3.63) is 65.6 Å². The summed E-state index contributed by atoms with van der Waals surface area (Å²) in [5.41, 5.74) is 1.93. The van der Waals surface area contributed by atoms with Gasteiger partial charge in [-0.3, -0.25) is 9.59 Å². The molecule has 3 rings (SSSR count). The van der Waals surface area contributed by atoms with E-state index in [1.807, 2.05) is 49.5 Å². The maximum absolute atomic E-state index is 12.1. The number of amides is 2. The van der Waals surface area contributed by atoms with Gasteiger partial charge in [0.05, 0.1) is 10.6 Å². The lowest BCUT2D eigenvalue weighted by atomic mass is 10.3. The highest BCUT2D eigenvalue weighted by Crippen LogP contribution is 2.37. The normalized spacial score (nSPS) is 14.5. The number of fused-ring (bicyclic) bond motifs is 1. The lowest BCUT2D eigenvalue weighted by Gasteiger charge is -2.19. The highest BCUT2D eigenvalue weighted by molar-refractivity contribution is 8.04. The summed E-state index contributed by atoms with van der Waals surface area (Å²) >= 11 is 1.31. The number of hydrogen-bond donors (Lipinski definition) is 2.